The van der Waals surface area contributed by atoms with Crippen LogP contribution in [0.5, 0.6) is 0 Å². The normalized spacial score (nSPS) is 15.6. The molecule has 2 aromatic carbocycles. The SMILES string of the molecule is Cc1ccc(S(=O)(=O)NC2CCN(C(=O)Nc3ccc(F)cc3)CC2)cc1. The molecular formula is C19H22FN3O3S. The molecule has 0 atom stereocenters. The molecule has 0 bridgehead atoms. The van der Waals surface area contributed by atoms with Gasteiger partial charge >= 0.3 is 6.03 Å². The second kappa shape index (κ2) is 8.06. The number of aryl methyl sites for hydroxylation is 1. The minimum absolute atomic E-state index is 0.217. The molecule has 1 aliphatic heterocycles. The Morgan fingerprint density at radius 2 is 1.63 bits per heavy atom. The topological polar surface area (TPSA) is 78.5 Å². The highest BCUT2D eigenvalue weighted by Gasteiger charge is 2.26. The molecular weight excluding hydrogens is 369 g/mol. The molecule has 2 N–H and O–H groups in total. The number of hydrogen-bond acceptors (Lipinski definition) is 3. The number of likely N-dealkylation sites (tertiary alicyclic amines) is 1. The zero-order chi connectivity index (χ0) is 19.4. The maximum absolute atomic E-state index is 12.9. The van der Waals surface area contributed by atoms with E-state index in [1.807, 2.05) is 6.92 Å². The van der Waals surface area contributed by atoms with E-state index in [1.54, 1.807) is 29.2 Å². The van der Waals surface area contributed by atoms with Gasteiger partial charge in [-0.2, -0.15) is 0 Å². The van der Waals surface area contributed by atoms with Crippen molar-refractivity contribution >= 4 is 21.7 Å². The number of carbonyl (C=O) groups excluding carboxylic acids is 1. The molecule has 0 unspecified atom stereocenters. The number of nitrogens with zero attached hydrogens (tertiary/aromatic N) is 1. The number of nitrogens with one attached hydrogen (secondary N) is 2. The lowest BCUT2D eigenvalue weighted by Crippen LogP contribution is -2.47. The standard InChI is InChI=1S/C19H22FN3O3S/c1-14-2-8-18(9-3-14)27(25,26)22-17-10-12-23(13-11-17)19(24)21-16-6-4-15(20)5-7-16/h2-9,17,22H,10-13H2,1H3,(H,21,24). The van der Waals surface area contributed by atoms with Crippen LogP contribution in [0.2, 0.25) is 0 Å². The van der Waals surface area contributed by atoms with E-state index in [0.717, 1.165) is 5.56 Å². The van der Waals surface area contributed by atoms with Crippen LogP contribution in [-0.4, -0.2) is 38.5 Å². The Bertz CT molecular complexity index is 891. The van der Waals surface area contributed by atoms with Gasteiger partial charge in [-0.25, -0.2) is 22.3 Å². The highest BCUT2D eigenvalue weighted by molar-refractivity contribution is 7.89. The average molecular weight is 391 g/mol. The quantitative estimate of drug-likeness (QED) is 0.841. The zero-order valence-corrected chi connectivity index (χ0v) is 15.8. The van der Waals surface area contributed by atoms with Gasteiger partial charge in [-0.3, -0.25) is 0 Å². The molecule has 3 rings (SSSR count). The number of sulfonamides is 1. The van der Waals surface area contributed by atoms with E-state index in [9.17, 15) is 17.6 Å². The first kappa shape index (κ1) is 19.3. The molecule has 1 saturated heterocycles. The fraction of sp³-hybridized carbons (Fsp3) is 0.316. The van der Waals surface area contributed by atoms with Gasteiger partial charge in [0, 0.05) is 24.8 Å². The molecule has 1 aliphatic rings. The molecule has 0 radical (unpaired) electrons. The van der Waals surface area contributed by atoms with Gasteiger partial charge < -0.3 is 10.2 Å². The van der Waals surface area contributed by atoms with Gasteiger partial charge in [-0.15, -0.1) is 0 Å². The monoisotopic (exact) mass is 391 g/mol. The molecule has 2 aromatic rings. The van der Waals surface area contributed by atoms with E-state index < -0.39 is 10.0 Å². The molecule has 6 nitrogen and oxygen atoms in total. The van der Waals surface area contributed by atoms with Gasteiger partial charge in [0.2, 0.25) is 10.0 Å². The Balaban J connectivity index is 1.53. The lowest BCUT2D eigenvalue weighted by atomic mass is 10.1. The Morgan fingerprint density at radius 1 is 1.04 bits per heavy atom. The molecule has 2 amide bonds. The summed E-state index contributed by atoms with van der Waals surface area (Å²) >= 11 is 0. The molecule has 0 saturated carbocycles. The number of rotatable bonds is 4. The maximum atomic E-state index is 12.9. The first-order valence-corrected chi connectivity index (χ1v) is 10.2. The van der Waals surface area contributed by atoms with Crippen molar-refractivity contribution in [3.05, 3.63) is 59.9 Å². The fourth-order valence-electron chi connectivity index (χ4n) is 2.94. The smallest absolute Gasteiger partial charge is 0.321 e. The summed E-state index contributed by atoms with van der Waals surface area (Å²) in [5.41, 5.74) is 1.51. The Kier molecular flexibility index (Phi) is 5.76. The van der Waals surface area contributed by atoms with Crippen molar-refractivity contribution < 1.29 is 17.6 Å². The van der Waals surface area contributed by atoms with Gasteiger partial charge in [0.05, 0.1) is 4.90 Å². The number of urea groups is 1. The van der Waals surface area contributed by atoms with Gasteiger partial charge in [-0.05, 0) is 56.2 Å². The molecule has 144 valence electrons. The van der Waals surface area contributed by atoms with Crippen molar-refractivity contribution in [3.63, 3.8) is 0 Å². The summed E-state index contributed by atoms with van der Waals surface area (Å²) in [5.74, 6) is -0.366. The third kappa shape index (κ3) is 5.05. The van der Waals surface area contributed by atoms with Crippen LogP contribution < -0.4 is 10.0 Å². The van der Waals surface area contributed by atoms with Crippen LogP contribution in [0.1, 0.15) is 18.4 Å². The van der Waals surface area contributed by atoms with E-state index in [4.69, 9.17) is 0 Å². The molecule has 8 heteroatoms. The minimum atomic E-state index is -3.57. The maximum Gasteiger partial charge on any atom is 0.321 e. The van der Waals surface area contributed by atoms with Gasteiger partial charge in [0.15, 0.2) is 0 Å². The largest absolute Gasteiger partial charge is 0.324 e. The number of piperidine rings is 1. The van der Waals surface area contributed by atoms with Crippen molar-refractivity contribution in [1.82, 2.24) is 9.62 Å². The second-order valence-electron chi connectivity index (χ2n) is 6.63. The molecule has 27 heavy (non-hydrogen) atoms. The number of anilines is 1. The summed E-state index contributed by atoms with van der Waals surface area (Å²) in [4.78, 5) is 14.1. The van der Waals surface area contributed by atoms with Crippen LogP contribution in [0.3, 0.4) is 0 Å². The minimum Gasteiger partial charge on any atom is -0.324 e. The molecule has 1 fully saturated rings. The van der Waals surface area contributed by atoms with Gasteiger partial charge in [0.25, 0.3) is 0 Å². The first-order chi connectivity index (χ1) is 12.8. The van der Waals surface area contributed by atoms with Crippen molar-refractivity contribution in [2.24, 2.45) is 0 Å². The van der Waals surface area contributed by atoms with Crippen LogP contribution in [0.25, 0.3) is 0 Å². The zero-order valence-electron chi connectivity index (χ0n) is 15.0. The lowest BCUT2D eigenvalue weighted by molar-refractivity contribution is 0.193. The van der Waals surface area contributed by atoms with Gasteiger partial charge in [-0.1, -0.05) is 17.7 Å². The summed E-state index contributed by atoms with van der Waals surface area (Å²) in [6.45, 7) is 2.78. The van der Waals surface area contributed by atoms with Crippen molar-refractivity contribution in [2.45, 2.75) is 30.7 Å². The van der Waals surface area contributed by atoms with E-state index >= 15 is 0 Å². The van der Waals surface area contributed by atoms with Crippen LogP contribution in [0, 0.1) is 12.7 Å². The Labute approximate surface area is 158 Å². The lowest BCUT2D eigenvalue weighted by Gasteiger charge is -2.32. The number of amides is 2. The predicted octanol–water partition coefficient (Wildman–Crippen LogP) is 3.11. The van der Waals surface area contributed by atoms with Gasteiger partial charge in [0.1, 0.15) is 5.82 Å². The number of benzene rings is 2. The second-order valence-corrected chi connectivity index (χ2v) is 8.35. The molecule has 0 spiro atoms. The summed E-state index contributed by atoms with van der Waals surface area (Å²) < 4.78 is 40.6. The summed E-state index contributed by atoms with van der Waals surface area (Å²) in [6.07, 6.45) is 1.06. The number of halogens is 1. The highest BCUT2D eigenvalue weighted by atomic mass is 32.2. The van der Waals surface area contributed by atoms with Crippen LogP contribution in [-0.2, 0) is 10.0 Å². The fourth-order valence-corrected chi connectivity index (χ4v) is 4.25. The number of carbonyl (C=O) groups is 1. The number of hydrogen-bond donors (Lipinski definition) is 2. The summed E-state index contributed by atoms with van der Waals surface area (Å²) in [7, 11) is -3.57. The Morgan fingerprint density at radius 3 is 2.22 bits per heavy atom. The third-order valence-corrected chi connectivity index (χ3v) is 6.07. The van der Waals surface area contributed by atoms with Crippen LogP contribution >= 0.6 is 0 Å². The summed E-state index contributed by atoms with van der Waals surface area (Å²) in [5, 5.41) is 2.71. The predicted molar refractivity (Wildman–Crippen MR) is 102 cm³/mol. The van der Waals surface area contributed by atoms with E-state index in [-0.39, 0.29) is 22.8 Å². The third-order valence-electron chi connectivity index (χ3n) is 4.53. The van der Waals surface area contributed by atoms with Crippen LogP contribution in [0.4, 0.5) is 14.9 Å². The molecule has 1 heterocycles. The van der Waals surface area contributed by atoms with Crippen molar-refractivity contribution in [3.8, 4) is 0 Å². The van der Waals surface area contributed by atoms with E-state index in [1.165, 1.54) is 24.3 Å². The molecule has 0 aliphatic carbocycles. The van der Waals surface area contributed by atoms with Crippen molar-refractivity contribution in [2.75, 3.05) is 18.4 Å². The Hall–Kier alpha value is -2.45. The van der Waals surface area contributed by atoms with E-state index in [0.29, 0.717) is 31.6 Å². The first-order valence-electron chi connectivity index (χ1n) is 8.74. The molecule has 0 aromatic heterocycles. The van der Waals surface area contributed by atoms with E-state index in [2.05, 4.69) is 10.0 Å². The summed E-state index contributed by atoms with van der Waals surface area (Å²) in [6, 6.07) is 11.8. The average Bonchev–Trinajstić information content (AvgIpc) is 2.64. The van der Waals surface area contributed by atoms with Crippen molar-refractivity contribution in [1.29, 1.82) is 0 Å². The highest BCUT2D eigenvalue weighted by Crippen LogP contribution is 2.17. The van der Waals surface area contributed by atoms with Crippen LogP contribution in [0.15, 0.2) is 53.4 Å².